The molecule has 0 saturated heterocycles. The highest BCUT2D eigenvalue weighted by Crippen LogP contribution is 2.31. The van der Waals surface area contributed by atoms with Gasteiger partial charge in [-0.2, -0.15) is 0 Å². The van der Waals surface area contributed by atoms with Crippen molar-refractivity contribution in [2.75, 3.05) is 6.61 Å². The van der Waals surface area contributed by atoms with Crippen molar-refractivity contribution in [2.24, 2.45) is 0 Å². The Hall–Kier alpha value is -1.49. The number of carbonyl (C=O) groups is 1. The van der Waals surface area contributed by atoms with E-state index in [0.717, 1.165) is 19.3 Å². The highest BCUT2D eigenvalue weighted by Gasteiger charge is 2.38. The molecule has 1 aromatic rings. The number of aliphatic hydroxyl groups is 1. The number of hydrogen-bond acceptors (Lipinski definition) is 4. The summed E-state index contributed by atoms with van der Waals surface area (Å²) in [5.41, 5.74) is -0.133. The Morgan fingerprint density at radius 2 is 2.33 bits per heavy atom. The molecule has 0 aliphatic heterocycles. The van der Waals surface area contributed by atoms with Crippen LogP contribution in [0.1, 0.15) is 29.8 Å². The number of hydrogen-bond donors (Lipinski definition) is 2. The Balaban J connectivity index is 2.04. The summed E-state index contributed by atoms with van der Waals surface area (Å²) in [7, 11) is 0. The standard InChI is InChI=1S/C10H13N3O2/c14-7-10(2-1-3-10)13-9(15)8-6-11-4-5-12-8/h4-6,14H,1-3,7H2,(H,13,15). The summed E-state index contributed by atoms with van der Waals surface area (Å²) < 4.78 is 0. The first kappa shape index (κ1) is 10.0. The first-order valence-corrected chi connectivity index (χ1v) is 4.95. The van der Waals surface area contributed by atoms with Gasteiger partial charge in [-0.1, -0.05) is 0 Å². The minimum atomic E-state index is -0.422. The zero-order valence-electron chi connectivity index (χ0n) is 8.31. The normalized spacial score (nSPS) is 17.9. The fourth-order valence-corrected chi connectivity index (χ4v) is 1.65. The second kappa shape index (κ2) is 3.94. The molecule has 1 amide bonds. The van der Waals surface area contributed by atoms with Gasteiger partial charge in [0.1, 0.15) is 5.69 Å². The molecule has 5 nitrogen and oxygen atoms in total. The molecule has 5 heteroatoms. The Labute approximate surface area is 87.6 Å². The Morgan fingerprint density at radius 1 is 1.53 bits per heavy atom. The van der Waals surface area contributed by atoms with E-state index in [1.165, 1.54) is 18.6 Å². The monoisotopic (exact) mass is 207 g/mol. The number of amides is 1. The molecule has 1 saturated carbocycles. The van der Waals surface area contributed by atoms with Crippen molar-refractivity contribution in [3.05, 3.63) is 24.3 Å². The van der Waals surface area contributed by atoms with Crippen molar-refractivity contribution in [3.63, 3.8) is 0 Å². The van der Waals surface area contributed by atoms with Gasteiger partial charge in [-0.25, -0.2) is 4.98 Å². The summed E-state index contributed by atoms with van der Waals surface area (Å²) in [5, 5.41) is 12.0. The van der Waals surface area contributed by atoms with Gasteiger partial charge in [0.2, 0.25) is 0 Å². The van der Waals surface area contributed by atoms with Gasteiger partial charge in [0.05, 0.1) is 18.3 Å². The van der Waals surface area contributed by atoms with Crippen LogP contribution in [0.2, 0.25) is 0 Å². The summed E-state index contributed by atoms with van der Waals surface area (Å²) >= 11 is 0. The smallest absolute Gasteiger partial charge is 0.271 e. The first-order chi connectivity index (χ1) is 7.26. The minimum absolute atomic E-state index is 0.0149. The van der Waals surface area contributed by atoms with Crippen molar-refractivity contribution in [1.82, 2.24) is 15.3 Å². The maximum atomic E-state index is 11.7. The Bertz CT molecular complexity index is 343. The van der Waals surface area contributed by atoms with Crippen LogP contribution in [-0.2, 0) is 0 Å². The number of aromatic nitrogens is 2. The van der Waals surface area contributed by atoms with Gasteiger partial charge in [-0.05, 0) is 19.3 Å². The van der Waals surface area contributed by atoms with Crippen molar-refractivity contribution in [2.45, 2.75) is 24.8 Å². The van der Waals surface area contributed by atoms with Gasteiger partial charge in [0.25, 0.3) is 5.91 Å². The lowest BCUT2D eigenvalue weighted by Crippen LogP contribution is -2.56. The van der Waals surface area contributed by atoms with Crippen molar-refractivity contribution in [3.8, 4) is 0 Å². The SMILES string of the molecule is O=C(NC1(CO)CCC1)c1cnccn1. The number of nitrogens with zero attached hydrogens (tertiary/aromatic N) is 2. The third-order valence-corrected chi connectivity index (χ3v) is 2.79. The lowest BCUT2D eigenvalue weighted by Gasteiger charge is -2.40. The third kappa shape index (κ3) is 1.97. The van der Waals surface area contributed by atoms with Crippen molar-refractivity contribution in [1.29, 1.82) is 0 Å². The van der Waals surface area contributed by atoms with E-state index >= 15 is 0 Å². The van der Waals surface area contributed by atoms with E-state index in [0.29, 0.717) is 0 Å². The van der Waals surface area contributed by atoms with Crippen molar-refractivity contribution < 1.29 is 9.90 Å². The highest BCUT2D eigenvalue weighted by atomic mass is 16.3. The molecular formula is C10H13N3O2. The molecule has 15 heavy (non-hydrogen) atoms. The summed E-state index contributed by atoms with van der Waals surface area (Å²) in [6.45, 7) is -0.0149. The van der Waals surface area contributed by atoms with Crippen molar-refractivity contribution >= 4 is 5.91 Å². The quantitative estimate of drug-likeness (QED) is 0.738. The van der Waals surface area contributed by atoms with Crippen LogP contribution in [0.5, 0.6) is 0 Å². The summed E-state index contributed by atoms with van der Waals surface area (Å²) in [4.78, 5) is 19.4. The van der Waals surface area contributed by atoms with Crippen LogP contribution >= 0.6 is 0 Å². The summed E-state index contributed by atoms with van der Waals surface area (Å²) in [5.74, 6) is -0.267. The molecule has 0 bridgehead atoms. The maximum absolute atomic E-state index is 11.7. The lowest BCUT2D eigenvalue weighted by molar-refractivity contribution is 0.0637. The summed E-state index contributed by atoms with van der Waals surface area (Å²) in [6, 6.07) is 0. The topological polar surface area (TPSA) is 75.1 Å². The molecule has 0 spiro atoms. The molecule has 1 aromatic heterocycles. The van der Waals surface area contributed by atoms with E-state index in [1.54, 1.807) is 0 Å². The van der Waals surface area contributed by atoms with E-state index in [-0.39, 0.29) is 18.2 Å². The zero-order chi connectivity index (χ0) is 10.7. The number of aliphatic hydroxyl groups excluding tert-OH is 1. The highest BCUT2D eigenvalue weighted by molar-refractivity contribution is 5.92. The molecule has 2 rings (SSSR count). The fourth-order valence-electron chi connectivity index (χ4n) is 1.65. The third-order valence-electron chi connectivity index (χ3n) is 2.79. The van der Waals surface area contributed by atoms with Gasteiger partial charge in [-0.15, -0.1) is 0 Å². The zero-order valence-corrected chi connectivity index (χ0v) is 8.31. The Kier molecular flexibility index (Phi) is 2.64. The van der Waals surface area contributed by atoms with Crippen LogP contribution in [-0.4, -0.2) is 33.1 Å². The fraction of sp³-hybridized carbons (Fsp3) is 0.500. The molecule has 0 unspecified atom stereocenters. The van der Waals surface area contributed by atoms with E-state index in [1.807, 2.05) is 0 Å². The maximum Gasteiger partial charge on any atom is 0.271 e. The first-order valence-electron chi connectivity index (χ1n) is 4.95. The molecule has 1 aliphatic rings. The van der Waals surface area contributed by atoms with E-state index in [9.17, 15) is 9.90 Å². The number of carbonyl (C=O) groups excluding carboxylic acids is 1. The van der Waals surface area contributed by atoms with Crippen LogP contribution in [0, 0.1) is 0 Å². The van der Waals surface area contributed by atoms with Crippen LogP contribution < -0.4 is 5.32 Å². The molecule has 1 aliphatic carbocycles. The molecule has 0 atom stereocenters. The van der Waals surface area contributed by atoms with Crippen LogP contribution in [0.3, 0.4) is 0 Å². The molecule has 80 valence electrons. The predicted octanol–water partition coefficient (Wildman–Crippen LogP) is 0.121. The predicted molar refractivity (Wildman–Crippen MR) is 53.2 cm³/mol. The lowest BCUT2D eigenvalue weighted by atomic mass is 9.77. The summed E-state index contributed by atoms with van der Waals surface area (Å²) in [6.07, 6.45) is 7.11. The van der Waals surface area contributed by atoms with E-state index in [2.05, 4.69) is 15.3 Å². The molecule has 0 radical (unpaired) electrons. The van der Waals surface area contributed by atoms with Crippen LogP contribution in [0.15, 0.2) is 18.6 Å². The average Bonchev–Trinajstić information content (AvgIpc) is 2.24. The van der Waals surface area contributed by atoms with Gasteiger partial charge in [0.15, 0.2) is 0 Å². The minimum Gasteiger partial charge on any atom is -0.394 e. The van der Waals surface area contributed by atoms with Gasteiger partial charge in [0, 0.05) is 12.4 Å². The van der Waals surface area contributed by atoms with E-state index in [4.69, 9.17) is 0 Å². The molecule has 0 aromatic carbocycles. The number of rotatable bonds is 3. The molecule has 1 heterocycles. The molecule has 2 N–H and O–H groups in total. The molecule has 1 fully saturated rings. The molecular weight excluding hydrogens is 194 g/mol. The second-order valence-corrected chi connectivity index (χ2v) is 3.84. The van der Waals surface area contributed by atoms with Crippen LogP contribution in [0.4, 0.5) is 0 Å². The second-order valence-electron chi connectivity index (χ2n) is 3.84. The van der Waals surface area contributed by atoms with Crippen LogP contribution in [0.25, 0.3) is 0 Å². The van der Waals surface area contributed by atoms with Gasteiger partial charge < -0.3 is 10.4 Å². The van der Waals surface area contributed by atoms with Gasteiger partial charge in [-0.3, -0.25) is 9.78 Å². The van der Waals surface area contributed by atoms with E-state index < -0.39 is 5.54 Å². The average molecular weight is 207 g/mol. The Morgan fingerprint density at radius 3 is 2.80 bits per heavy atom. The largest absolute Gasteiger partial charge is 0.394 e. The number of nitrogens with one attached hydrogen (secondary N) is 1. The van der Waals surface area contributed by atoms with Gasteiger partial charge >= 0.3 is 0 Å².